The Morgan fingerprint density at radius 1 is 1.45 bits per heavy atom. The second-order valence-corrected chi connectivity index (χ2v) is 5.35. The second-order valence-electron chi connectivity index (χ2n) is 5.35. The Morgan fingerprint density at radius 3 is 2.86 bits per heavy atom. The molecular weight excluding hydrogens is 280 g/mol. The third-order valence-corrected chi connectivity index (χ3v) is 3.63. The molecule has 0 unspecified atom stereocenters. The standard InChI is InChI=1S/C16H16N4O2/c1-9-3-4-10(7-13(9)22-2)14-12(8-17)15(21)20-16(19-14)18-11-5-6-11/h3-4,7,11H,5-6H2,1-2H3,(H2,18,19,20,21). The van der Waals surface area contributed by atoms with Gasteiger partial charge >= 0.3 is 0 Å². The normalized spacial score (nSPS) is 13.5. The molecule has 112 valence electrons. The van der Waals surface area contributed by atoms with Crippen molar-refractivity contribution < 1.29 is 4.74 Å². The molecule has 1 heterocycles. The molecule has 0 aliphatic heterocycles. The number of H-pyrrole nitrogens is 1. The van der Waals surface area contributed by atoms with Gasteiger partial charge in [-0.25, -0.2) is 4.98 Å². The van der Waals surface area contributed by atoms with Crippen molar-refractivity contribution in [2.45, 2.75) is 25.8 Å². The minimum atomic E-state index is -0.435. The molecule has 1 aliphatic carbocycles. The smallest absolute Gasteiger partial charge is 0.270 e. The number of hydrogen-bond donors (Lipinski definition) is 2. The molecule has 6 nitrogen and oxygen atoms in total. The zero-order valence-electron chi connectivity index (χ0n) is 12.4. The van der Waals surface area contributed by atoms with Crippen LogP contribution in [0.4, 0.5) is 5.95 Å². The maximum atomic E-state index is 12.1. The van der Waals surface area contributed by atoms with E-state index in [-0.39, 0.29) is 5.56 Å². The van der Waals surface area contributed by atoms with Crippen LogP contribution in [0, 0.1) is 18.3 Å². The predicted molar refractivity (Wildman–Crippen MR) is 82.9 cm³/mol. The monoisotopic (exact) mass is 296 g/mol. The first-order chi connectivity index (χ1) is 10.6. The summed E-state index contributed by atoms with van der Waals surface area (Å²) in [7, 11) is 1.59. The molecule has 3 rings (SSSR count). The van der Waals surface area contributed by atoms with Crippen molar-refractivity contribution in [3.8, 4) is 23.1 Å². The minimum Gasteiger partial charge on any atom is -0.496 e. The highest BCUT2D eigenvalue weighted by Gasteiger charge is 2.23. The van der Waals surface area contributed by atoms with Crippen molar-refractivity contribution in [2.24, 2.45) is 0 Å². The Labute approximate surface area is 127 Å². The van der Waals surface area contributed by atoms with E-state index in [1.165, 1.54) is 0 Å². The number of aryl methyl sites for hydroxylation is 1. The number of nitriles is 1. The van der Waals surface area contributed by atoms with Gasteiger partial charge in [-0.1, -0.05) is 12.1 Å². The minimum absolute atomic E-state index is 0.00672. The van der Waals surface area contributed by atoms with Crippen molar-refractivity contribution in [3.05, 3.63) is 39.7 Å². The predicted octanol–water partition coefficient (Wildman–Crippen LogP) is 2.20. The summed E-state index contributed by atoms with van der Waals surface area (Å²) in [4.78, 5) is 19.1. The summed E-state index contributed by atoms with van der Waals surface area (Å²) in [5.74, 6) is 1.10. The lowest BCUT2D eigenvalue weighted by Crippen LogP contribution is -2.18. The van der Waals surface area contributed by atoms with Crippen molar-refractivity contribution in [2.75, 3.05) is 12.4 Å². The van der Waals surface area contributed by atoms with Gasteiger partial charge in [-0.2, -0.15) is 5.26 Å². The van der Waals surface area contributed by atoms with Crippen LogP contribution in [0.2, 0.25) is 0 Å². The summed E-state index contributed by atoms with van der Waals surface area (Å²) in [6.07, 6.45) is 2.13. The van der Waals surface area contributed by atoms with Crippen molar-refractivity contribution in [1.29, 1.82) is 5.26 Å². The first-order valence-electron chi connectivity index (χ1n) is 7.08. The second kappa shape index (κ2) is 5.53. The molecule has 0 amide bonds. The molecule has 0 bridgehead atoms. The van der Waals surface area contributed by atoms with E-state index in [2.05, 4.69) is 15.3 Å². The average molecular weight is 296 g/mol. The fraction of sp³-hybridized carbons (Fsp3) is 0.312. The molecule has 1 fully saturated rings. The van der Waals surface area contributed by atoms with E-state index in [1.807, 2.05) is 25.1 Å². The Kier molecular flexibility index (Phi) is 3.55. The highest BCUT2D eigenvalue weighted by atomic mass is 16.5. The molecule has 2 N–H and O–H groups in total. The number of benzene rings is 1. The van der Waals surface area contributed by atoms with E-state index < -0.39 is 5.56 Å². The van der Waals surface area contributed by atoms with E-state index in [9.17, 15) is 10.1 Å². The maximum absolute atomic E-state index is 12.1. The van der Waals surface area contributed by atoms with Crippen molar-refractivity contribution >= 4 is 5.95 Å². The summed E-state index contributed by atoms with van der Waals surface area (Å²) in [5, 5.41) is 12.4. The largest absolute Gasteiger partial charge is 0.496 e. The summed E-state index contributed by atoms with van der Waals surface area (Å²) >= 11 is 0. The molecule has 1 aliphatic rings. The van der Waals surface area contributed by atoms with Crippen molar-refractivity contribution in [1.82, 2.24) is 9.97 Å². The zero-order chi connectivity index (χ0) is 15.7. The molecule has 1 saturated carbocycles. The van der Waals surface area contributed by atoms with E-state index in [1.54, 1.807) is 13.2 Å². The molecule has 0 spiro atoms. The lowest BCUT2D eigenvalue weighted by Gasteiger charge is -2.10. The topological polar surface area (TPSA) is 90.8 Å². The lowest BCUT2D eigenvalue weighted by molar-refractivity contribution is 0.412. The fourth-order valence-corrected chi connectivity index (χ4v) is 2.24. The van der Waals surface area contributed by atoms with Crippen LogP contribution >= 0.6 is 0 Å². The van der Waals surface area contributed by atoms with Crippen LogP contribution in [0.25, 0.3) is 11.3 Å². The fourth-order valence-electron chi connectivity index (χ4n) is 2.24. The molecule has 0 radical (unpaired) electrons. The van der Waals surface area contributed by atoms with Gasteiger partial charge in [0.05, 0.1) is 12.8 Å². The molecule has 1 aromatic carbocycles. The Bertz CT molecular complexity index is 816. The van der Waals surface area contributed by atoms with Gasteiger partial charge in [0.25, 0.3) is 5.56 Å². The number of anilines is 1. The number of nitrogens with zero attached hydrogens (tertiary/aromatic N) is 2. The van der Waals surface area contributed by atoms with Crippen LogP contribution in [-0.4, -0.2) is 23.1 Å². The van der Waals surface area contributed by atoms with Gasteiger partial charge in [0, 0.05) is 11.6 Å². The van der Waals surface area contributed by atoms with Gasteiger partial charge in [-0.15, -0.1) is 0 Å². The number of ether oxygens (including phenoxy) is 1. The van der Waals surface area contributed by atoms with Crippen LogP contribution in [0.1, 0.15) is 24.0 Å². The van der Waals surface area contributed by atoms with Crippen LogP contribution in [0.3, 0.4) is 0 Å². The van der Waals surface area contributed by atoms with Crippen LogP contribution < -0.4 is 15.6 Å². The van der Waals surface area contributed by atoms with Crippen LogP contribution in [-0.2, 0) is 0 Å². The zero-order valence-corrected chi connectivity index (χ0v) is 12.4. The quantitative estimate of drug-likeness (QED) is 0.902. The van der Waals surface area contributed by atoms with Gasteiger partial charge in [0.2, 0.25) is 5.95 Å². The first-order valence-corrected chi connectivity index (χ1v) is 7.08. The van der Waals surface area contributed by atoms with Crippen LogP contribution in [0.5, 0.6) is 5.75 Å². The van der Waals surface area contributed by atoms with E-state index in [0.29, 0.717) is 29.0 Å². The molecule has 6 heteroatoms. The number of nitrogens with one attached hydrogen (secondary N) is 2. The number of rotatable bonds is 4. The number of aromatic amines is 1. The highest BCUT2D eigenvalue weighted by molar-refractivity contribution is 5.69. The Morgan fingerprint density at radius 2 is 2.23 bits per heavy atom. The van der Waals surface area contributed by atoms with Crippen LogP contribution in [0.15, 0.2) is 23.0 Å². The van der Waals surface area contributed by atoms with E-state index >= 15 is 0 Å². The molecule has 1 aromatic heterocycles. The first kappa shape index (κ1) is 14.1. The molecular formula is C16H16N4O2. The van der Waals surface area contributed by atoms with E-state index in [4.69, 9.17) is 4.74 Å². The number of hydrogen-bond acceptors (Lipinski definition) is 5. The maximum Gasteiger partial charge on any atom is 0.270 e. The third kappa shape index (κ3) is 2.66. The van der Waals surface area contributed by atoms with Gasteiger partial charge in [0.1, 0.15) is 17.4 Å². The van der Waals surface area contributed by atoms with E-state index in [0.717, 1.165) is 18.4 Å². The molecule has 0 atom stereocenters. The average Bonchev–Trinajstić information content (AvgIpc) is 3.31. The third-order valence-electron chi connectivity index (χ3n) is 3.63. The molecule has 22 heavy (non-hydrogen) atoms. The number of methoxy groups -OCH3 is 1. The molecule has 2 aromatic rings. The Balaban J connectivity index is 2.13. The summed E-state index contributed by atoms with van der Waals surface area (Å²) in [6, 6.07) is 7.80. The number of aromatic nitrogens is 2. The summed E-state index contributed by atoms with van der Waals surface area (Å²) in [5.41, 5.74) is 1.60. The molecule has 0 saturated heterocycles. The van der Waals surface area contributed by atoms with Gasteiger partial charge in [-0.05, 0) is 31.4 Å². The van der Waals surface area contributed by atoms with Gasteiger partial charge in [0.15, 0.2) is 0 Å². The summed E-state index contributed by atoms with van der Waals surface area (Å²) in [6.45, 7) is 1.93. The van der Waals surface area contributed by atoms with Gasteiger partial charge in [-0.3, -0.25) is 9.78 Å². The lowest BCUT2D eigenvalue weighted by atomic mass is 10.1. The van der Waals surface area contributed by atoms with Gasteiger partial charge < -0.3 is 10.1 Å². The van der Waals surface area contributed by atoms with Crippen molar-refractivity contribution in [3.63, 3.8) is 0 Å². The highest BCUT2D eigenvalue weighted by Crippen LogP contribution is 2.28. The summed E-state index contributed by atoms with van der Waals surface area (Å²) < 4.78 is 5.30. The SMILES string of the molecule is COc1cc(-c2nc(NC3CC3)[nH]c(=O)c2C#N)ccc1C. The Hall–Kier alpha value is -2.81.